The zero-order valence-electron chi connectivity index (χ0n) is 9.61. The Balaban J connectivity index is 2.04. The minimum atomic E-state index is 0.648. The van der Waals surface area contributed by atoms with E-state index in [0.717, 1.165) is 30.2 Å². The highest BCUT2D eigenvalue weighted by Crippen LogP contribution is 2.24. The number of hydrogen-bond donors (Lipinski definition) is 1. The number of thiazole rings is 1. The lowest BCUT2D eigenvalue weighted by Gasteiger charge is -1.98. The van der Waals surface area contributed by atoms with E-state index in [-0.39, 0.29) is 0 Å². The summed E-state index contributed by atoms with van der Waals surface area (Å²) in [6.07, 6.45) is 4.69. The van der Waals surface area contributed by atoms with Gasteiger partial charge in [-0.05, 0) is 25.1 Å². The number of pyridine rings is 1. The molecule has 0 aliphatic rings. The molecule has 0 saturated heterocycles. The fourth-order valence-electron chi connectivity index (χ4n) is 1.40. The molecular weight excluding hydrogens is 254 g/mol. The van der Waals surface area contributed by atoms with Gasteiger partial charge in [0.1, 0.15) is 5.01 Å². The van der Waals surface area contributed by atoms with Crippen molar-refractivity contribution < 1.29 is 0 Å². The van der Waals surface area contributed by atoms with E-state index < -0.39 is 0 Å². The van der Waals surface area contributed by atoms with Crippen LogP contribution in [-0.4, -0.2) is 16.5 Å². The average molecular weight is 268 g/mol. The highest BCUT2D eigenvalue weighted by Gasteiger charge is 2.05. The third-order valence-electron chi connectivity index (χ3n) is 2.23. The minimum absolute atomic E-state index is 0.648. The third kappa shape index (κ3) is 3.49. The highest BCUT2D eigenvalue weighted by molar-refractivity contribution is 7.14. The second-order valence-electron chi connectivity index (χ2n) is 3.67. The summed E-state index contributed by atoms with van der Waals surface area (Å²) in [5.41, 5.74) is 0.876. The first kappa shape index (κ1) is 12.5. The van der Waals surface area contributed by atoms with Crippen molar-refractivity contribution in [2.45, 2.75) is 19.9 Å². The lowest BCUT2D eigenvalue weighted by molar-refractivity contribution is 0.681. The average Bonchev–Trinajstić information content (AvgIpc) is 2.79. The largest absolute Gasteiger partial charge is 0.312 e. The molecule has 0 bridgehead atoms. The van der Waals surface area contributed by atoms with Gasteiger partial charge in [-0.1, -0.05) is 18.5 Å². The maximum absolute atomic E-state index is 5.80. The zero-order valence-corrected chi connectivity index (χ0v) is 11.2. The Bertz CT molecular complexity index is 467. The molecule has 0 spiro atoms. The molecule has 0 fully saturated rings. The van der Waals surface area contributed by atoms with Gasteiger partial charge in [0.05, 0.1) is 10.7 Å². The number of nitrogens with zero attached hydrogens (tertiary/aromatic N) is 2. The van der Waals surface area contributed by atoms with Crippen molar-refractivity contribution in [2.24, 2.45) is 0 Å². The molecule has 1 N–H and O–H groups in total. The van der Waals surface area contributed by atoms with E-state index in [1.54, 1.807) is 17.5 Å². The van der Waals surface area contributed by atoms with Crippen molar-refractivity contribution in [2.75, 3.05) is 6.54 Å². The van der Waals surface area contributed by atoms with Crippen LogP contribution in [0.25, 0.3) is 10.7 Å². The summed E-state index contributed by atoms with van der Waals surface area (Å²) in [5.74, 6) is 0. The second-order valence-corrected chi connectivity index (χ2v) is 5.22. The lowest BCUT2D eigenvalue weighted by atomic mass is 10.4. The third-order valence-corrected chi connectivity index (χ3v) is 3.47. The maximum Gasteiger partial charge on any atom is 0.142 e. The summed E-state index contributed by atoms with van der Waals surface area (Å²) in [7, 11) is 0. The van der Waals surface area contributed by atoms with Gasteiger partial charge >= 0.3 is 0 Å². The van der Waals surface area contributed by atoms with Gasteiger partial charge in [0.25, 0.3) is 0 Å². The first-order valence-corrected chi connectivity index (χ1v) is 6.76. The summed E-state index contributed by atoms with van der Waals surface area (Å²) < 4.78 is 0. The summed E-state index contributed by atoms with van der Waals surface area (Å²) in [6.45, 7) is 4.06. The van der Waals surface area contributed by atoms with E-state index in [4.69, 9.17) is 11.6 Å². The Hall–Kier alpha value is -0.970. The van der Waals surface area contributed by atoms with Crippen LogP contribution in [0, 0.1) is 0 Å². The monoisotopic (exact) mass is 267 g/mol. The van der Waals surface area contributed by atoms with Crippen LogP contribution in [0.3, 0.4) is 0 Å². The van der Waals surface area contributed by atoms with E-state index in [0.29, 0.717) is 5.02 Å². The quantitative estimate of drug-likeness (QED) is 0.844. The number of aromatic nitrogens is 2. The number of nitrogens with one attached hydrogen (secondary N) is 1. The summed E-state index contributed by atoms with van der Waals surface area (Å²) in [4.78, 5) is 9.85. The topological polar surface area (TPSA) is 37.8 Å². The Morgan fingerprint density at radius 1 is 1.29 bits per heavy atom. The Labute approximate surface area is 110 Å². The molecule has 0 aliphatic heterocycles. The first-order chi connectivity index (χ1) is 8.29. The molecule has 0 saturated carbocycles. The molecule has 2 aromatic heterocycles. The molecule has 0 unspecified atom stereocenters. The van der Waals surface area contributed by atoms with Crippen molar-refractivity contribution in [1.29, 1.82) is 0 Å². The van der Waals surface area contributed by atoms with Crippen LogP contribution in [0.5, 0.6) is 0 Å². The number of hydrogen-bond acceptors (Lipinski definition) is 4. The van der Waals surface area contributed by atoms with Gasteiger partial charge in [0.15, 0.2) is 0 Å². The fraction of sp³-hybridized carbons (Fsp3) is 0.333. The van der Waals surface area contributed by atoms with Crippen molar-refractivity contribution >= 4 is 22.9 Å². The van der Waals surface area contributed by atoms with Gasteiger partial charge in [0, 0.05) is 23.8 Å². The molecule has 0 aliphatic carbocycles. The zero-order chi connectivity index (χ0) is 12.1. The van der Waals surface area contributed by atoms with E-state index >= 15 is 0 Å². The first-order valence-electron chi connectivity index (χ1n) is 5.57. The maximum atomic E-state index is 5.80. The molecule has 90 valence electrons. The molecule has 2 heterocycles. The Kier molecular flexibility index (Phi) is 4.48. The molecule has 3 nitrogen and oxygen atoms in total. The van der Waals surface area contributed by atoms with Gasteiger partial charge in [-0.15, -0.1) is 11.3 Å². The van der Waals surface area contributed by atoms with Crippen LogP contribution in [-0.2, 0) is 6.54 Å². The van der Waals surface area contributed by atoms with Crippen LogP contribution < -0.4 is 5.32 Å². The van der Waals surface area contributed by atoms with Crippen molar-refractivity contribution in [3.05, 3.63) is 34.4 Å². The van der Waals surface area contributed by atoms with Crippen LogP contribution in [0.1, 0.15) is 18.2 Å². The van der Waals surface area contributed by atoms with Crippen molar-refractivity contribution in [1.82, 2.24) is 15.3 Å². The van der Waals surface area contributed by atoms with Gasteiger partial charge in [-0.3, -0.25) is 4.98 Å². The fourth-order valence-corrected chi connectivity index (χ4v) is 2.37. The molecule has 17 heavy (non-hydrogen) atoms. The van der Waals surface area contributed by atoms with Gasteiger partial charge < -0.3 is 5.32 Å². The standard InChI is InChI=1S/C12H14ClN3S/c1-2-5-14-7-10-8-16-12(17-10)11-4-3-9(13)6-15-11/h3-4,6,8,14H,2,5,7H2,1H3. The Morgan fingerprint density at radius 3 is 2.88 bits per heavy atom. The number of halogens is 1. The second kappa shape index (κ2) is 6.10. The predicted octanol–water partition coefficient (Wildman–Crippen LogP) is 3.36. The highest BCUT2D eigenvalue weighted by atomic mass is 35.5. The molecule has 5 heteroatoms. The van der Waals surface area contributed by atoms with E-state index in [1.165, 1.54) is 4.88 Å². The molecular formula is C12H14ClN3S. The lowest BCUT2D eigenvalue weighted by Crippen LogP contribution is -2.12. The number of rotatable bonds is 5. The van der Waals surface area contributed by atoms with Gasteiger partial charge in [-0.2, -0.15) is 0 Å². The molecule has 2 rings (SSSR count). The van der Waals surface area contributed by atoms with Crippen molar-refractivity contribution in [3.8, 4) is 10.7 Å². The summed E-state index contributed by atoms with van der Waals surface area (Å²) in [6, 6.07) is 3.73. The normalized spacial score (nSPS) is 10.7. The van der Waals surface area contributed by atoms with E-state index in [1.807, 2.05) is 18.3 Å². The minimum Gasteiger partial charge on any atom is -0.312 e. The molecule has 0 radical (unpaired) electrons. The van der Waals surface area contributed by atoms with Crippen LogP contribution in [0.15, 0.2) is 24.5 Å². The van der Waals surface area contributed by atoms with Gasteiger partial charge in [-0.25, -0.2) is 4.98 Å². The molecule has 0 amide bonds. The SMILES string of the molecule is CCCNCc1cnc(-c2ccc(Cl)cn2)s1. The predicted molar refractivity (Wildman–Crippen MR) is 72.4 cm³/mol. The summed E-state index contributed by atoms with van der Waals surface area (Å²) >= 11 is 7.46. The molecule has 2 aromatic rings. The summed E-state index contributed by atoms with van der Waals surface area (Å²) in [5, 5.41) is 4.94. The van der Waals surface area contributed by atoms with E-state index in [9.17, 15) is 0 Å². The molecule has 0 atom stereocenters. The van der Waals surface area contributed by atoms with Gasteiger partial charge in [0.2, 0.25) is 0 Å². The van der Waals surface area contributed by atoms with Crippen molar-refractivity contribution in [3.63, 3.8) is 0 Å². The molecule has 0 aromatic carbocycles. The smallest absolute Gasteiger partial charge is 0.142 e. The van der Waals surface area contributed by atoms with E-state index in [2.05, 4.69) is 22.2 Å². The van der Waals surface area contributed by atoms with Crippen LogP contribution in [0.4, 0.5) is 0 Å². The van der Waals surface area contributed by atoms with Crippen LogP contribution >= 0.6 is 22.9 Å². The van der Waals surface area contributed by atoms with Crippen LogP contribution in [0.2, 0.25) is 5.02 Å². The Morgan fingerprint density at radius 2 is 2.18 bits per heavy atom.